The Morgan fingerprint density at radius 3 is 2.39 bits per heavy atom. The van der Waals surface area contributed by atoms with Gasteiger partial charge in [-0.15, -0.1) is 11.8 Å². The molecular formula is C12H16N2O3S. The van der Waals surface area contributed by atoms with Gasteiger partial charge in [0, 0.05) is 10.6 Å². The second kappa shape index (κ2) is 6.90. The van der Waals surface area contributed by atoms with Crippen molar-refractivity contribution in [2.45, 2.75) is 24.3 Å². The average molecular weight is 268 g/mol. The van der Waals surface area contributed by atoms with Crippen LogP contribution in [0.3, 0.4) is 0 Å². The zero-order valence-electron chi connectivity index (χ0n) is 10.3. The minimum Gasteiger partial charge on any atom is -0.480 e. The van der Waals surface area contributed by atoms with Crippen LogP contribution in [0.1, 0.15) is 13.3 Å². The molecule has 0 aliphatic heterocycles. The number of benzene rings is 1. The molecule has 1 rings (SSSR count). The number of carboxylic acid groups (broad SMARTS) is 1. The Morgan fingerprint density at radius 2 is 1.94 bits per heavy atom. The molecule has 0 aliphatic rings. The fourth-order valence-corrected chi connectivity index (χ4v) is 1.75. The van der Waals surface area contributed by atoms with Crippen LogP contribution in [0.4, 0.5) is 10.5 Å². The van der Waals surface area contributed by atoms with E-state index in [4.69, 9.17) is 5.11 Å². The van der Waals surface area contributed by atoms with Gasteiger partial charge in [-0.05, 0) is 36.9 Å². The van der Waals surface area contributed by atoms with Crippen LogP contribution >= 0.6 is 11.8 Å². The molecule has 1 unspecified atom stereocenters. The fraction of sp³-hybridized carbons (Fsp3) is 0.333. The summed E-state index contributed by atoms with van der Waals surface area (Å²) in [7, 11) is 0. The highest BCUT2D eigenvalue weighted by Gasteiger charge is 2.17. The Kier molecular flexibility index (Phi) is 5.51. The molecule has 0 aliphatic carbocycles. The van der Waals surface area contributed by atoms with Crippen molar-refractivity contribution in [1.82, 2.24) is 5.32 Å². The van der Waals surface area contributed by atoms with Gasteiger partial charge in [-0.25, -0.2) is 9.59 Å². The van der Waals surface area contributed by atoms with Crippen LogP contribution < -0.4 is 10.6 Å². The summed E-state index contributed by atoms with van der Waals surface area (Å²) in [6.45, 7) is 1.70. The van der Waals surface area contributed by atoms with Gasteiger partial charge in [0.2, 0.25) is 0 Å². The maximum absolute atomic E-state index is 11.5. The van der Waals surface area contributed by atoms with E-state index in [-0.39, 0.29) is 0 Å². The average Bonchev–Trinajstić information content (AvgIpc) is 2.36. The lowest BCUT2D eigenvalue weighted by atomic mass is 10.2. The lowest BCUT2D eigenvalue weighted by Crippen LogP contribution is -2.42. The predicted octanol–water partition coefficient (Wildman–Crippen LogP) is 2.39. The zero-order chi connectivity index (χ0) is 13.5. The second-order valence-electron chi connectivity index (χ2n) is 3.63. The minimum atomic E-state index is -1.04. The van der Waals surface area contributed by atoms with Crippen LogP contribution in [-0.4, -0.2) is 29.4 Å². The molecule has 3 N–H and O–H groups in total. The van der Waals surface area contributed by atoms with Gasteiger partial charge in [0.1, 0.15) is 6.04 Å². The van der Waals surface area contributed by atoms with Gasteiger partial charge in [-0.1, -0.05) is 6.92 Å². The van der Waals surface area contributed by atoms with E-state index in [9.17, 15) is 9.59 Å². The molecule has 5 nitrogen and oxygen atoms in total. The van der Waals surface area contributed by atoms with E-state index in [0.717, 1.165) is 4.90 Å². The van der Waals surface area contributed by atoms with Gasteiger partial charge in [0.25, 0.3) is 0 Å². The van der Waals surface area contributed by atoms with Gasteiger partial charge in [-0.2, -0.15) is 0 Å². The molecule has 0 saturated carbocycles. The third kappa shape index (κ3) is 4.29. The van der Waals surface area contributed by atoms with Crippen molar-refractivity contribution in [2.24, 2.45) is 0 Å². The molecule has 1 aromatic rings. The van der Waals surface area contributed by atoms with Crippen molar-refractivity contribution in [1.29, 1.82) is 0 Å². The maximum Gasteiger partial charge on any atom is 0.326 e. The molecule has 0 aromatic heterocycles. The Balaban J connectivity index is 2.55. The van der Waals surface area contributed by atoms with Crippen LogP contribution in [0, 0.1) is 0 Å². The zero-order valence-corrected chi connectivity index (χ0v) is 11.1. The normalized spacial score (nSPS) is 11.7. The number of aliphatic carboxylic acids is 1. The van der Waals surface area contributed by atoms with E-state index in [1.807, 2.05) is 18.4 Å². The van der Waals surface area contributed by atoms with E-state index < -0.39 is 18.0 Å². The summed E-state index contributed by atoms with van der Waals surface area (Å²) >= 11 is 1.61. The number of hydrogen-bond acceptors (Lipinski definition) is 3. The van der Waals surface area contributed by atoms with Crippen molar-refractivity contribution in [3.63, 3.8) is 0 Å². The van der Waals surface area contributed by atoms with Crippen LogP contribution in [0.25, 0.3) is 0 Å². The largest absolute Gasteiger partial charge is 0.480 e. The molecule has 1 aromatic carbocycles. The number of urea groups is 1. The topological polar surface area (TPSA) is 78.4 Å². The molecule has 0 heterocycles. The molecule has 0 fully saturated rings. The van der Waals surface area contributed by atoms with Crippen molar-refractivity contribution < 1.29 is 14.7 Å². The molecule has 0 bridgehead atoms. The first-order valence-electron chi connectivity index (χ1n) is 5.51. The van der Waals surface area contributed by atoms with Crippen molar-refractivity contribution in [3.05, 3.63) is 24.3 Å². The van der Waals surface area contributed by atoms with E-state index in [0.29, 0.717) is 12.1 Å². The number of carboxylic acids is 1. The van der Waals surface area contributed by atoms with Gasteiger partial charge in [-0.3, -0.25) is 0 Å². The van der Waals surface area contributed by atoms with Gasteiger partial charge < -0.3 is 15.7 Å². The molecule has 98 valence electrons. The lowest BCUT2D eigenvalue weighted by Gasteiger charge is -2.13. The number of hydrogen-bond donors (Lipinski definition) is 3. The van der Waals surface area contributed by atoms with Crippen molar-refractivity contribution in [3.8, 4) is 0 Å². The van der Waals surface area contributed by atoms with E-state index in [2.05, 4.69) is 10.6 Å². The smallest absolute Gasteiger partial charge is 0.326 e. The molecule has 6 heteroatoms. The number of carbonyl (C=O) groups excluding carboxylic acids is 1. The number of amides is 2. The number of carbonyl (C=O) groups is 2. The summed E-state index contributed by atoms with van der Waals surface area (Å²) in [5.74, 6) is -1.04. The minimum absolute atomic E-state index is 0.341. The molecule has 1 atom stereocenters. The van der Waals surface area contributed by atoms with Crippen LogP contribution in [-0.2, 0) is 4.79 Å². The molecule has 0 spiro atoms. The van der Waals surface area contributed by atoms with Crippen LogP contribution in [0.5, 0.6) is 0 Å². The van der Waals surface area contributed by atoms with Crippen LogP contribution in [0.15, 0.2) is 29.2 Å². The SMILES string of the molecule is CCC(NC(=O)Nc1ccc(SC)cc1)C(=O)O. The summed E-state index contributed by atoms with van der Waals surface area (Å²) in [4.78, 5) is 23.4. The molecule has 0 saturated heterocycles. The highest BCUT2D eigenvalue weighted by molar-refractivity contribution is 7.98. The molecule has 2 amide bonds. The summed E-state index contributed by atoms with van der Waals surface area (Å²) in [5.41, 5.74) is 0.630. The van der Waals surface area contributed by atoms with Gasteiger partial charge >= 0.3 is 12.0 Å². The number of nitrogens with one attached hydrogen (secondary N) is 2. The first-order valence-corrected chi connectivity index (χ1v) is 6.73. The first kappa shape index (κ1) is 14.4. The molecule has 0 radical (unpaired) electrons. The van der Waals surface area contributed by atoms with E-state index in [1.165, 1.54) is 0 Å². The standard InChI is InChI=1S/C12H16N2O3S/c1-3-10(11(15)16)14-12(17)13-8-4-6-9(18-2)7-5-8/h4-7,10H,3H2,1-2H3,(H,15,16)(H2,13,14,17). The third-order valence-electron chi connectivity index (χ3n) is 2.36. The second-order valence-corrected chi connectivity index (χ2v) is 4.51. The Hall–Kier alpha value is -1.69. The summed E-state index contributed by atoms with van der Waals surface area (Å²) in [6, 6.07) is 5.93. The number of anilines is 1. The van der Waals surface area contributed by atoms with Crippen LogP contribution in [0.2, 0.25) is 0 Å². The monoisotopic (exact) mass is 268 g/mol. The van der Waals surface area contributed by atoms with Gasteiger partial charge in [0.05, 0.1) is 0 Å². The fourth-order valence-electron chi connectivity index (χ4n) is 1.34. The number of rotatable bonds is 5. The summed E-state index contributed by atoms with van der Waals surface area (Å²) in [5, 5.41) is 13.8. The van der Waals surface area contributed by atoms with E-state index >= 15 is 0 Å². The van der Waals surface area contributed by atoms with Gasteiger partial charge in [0.15, 0.2) is 0 Å². The highest BCUT2D eigenvalue weighted by Crippen LogP contribution is 2.17. The maximum atomic E-state index is 11.5. The van der Waals surface area contributed by atoms with E-state index in [1.54, 1.807) is 30.8 Å². The number of thioether (sulfide) groups is 1. The first-order chi connectivity index (χ1) is 8.56. The summed E-state index contributed by atoms with van der Waals surface area (Å²) < 4.78 is 0. The molecular weight excluding hydrogens is 252 g/mol. The third-order valence-corrected chi connectivity index (χ3v) is 3.10. The Bertz CT molecular complexity index is 420. The Morgan fingerprint density at radius 1 is 1.33 bits per heavy atom. The van der Waals surface area contributed by atoms with Crippen molar-refractivity contribution in [2.75, 3.05) is 11.6 Å². The highest BCUT2D eigenvalue weighted by atomic mass is 32.2. The summed E-state index contributed by atoms with van der Waals surface area (Å²) in [6.07, 6.45) is 2.31. The molecule has 18 heavy (non-hydrogen) atoms. The lowest BCUT2D eigenvalue weighted by molar-refractivity contribution is -0.139. The quantitative estimate of drug-likeness (QED) is 0.716. The Labute approximate surface area is 110 Å². The predicted molar refractivity (Wildman–Crippen MR) is 72.1 cm³/mol. The van der Waals surface area contributed by atoms with Crippen molar-refractivity contribution >= 4 is 29.4 Å².